The molecule has 8 rings (SSSR count). The van der Waals surface area contributed by atoms with E-state index >= 15 is 0 Å². The molecule has 226 valence electrons. The molecule has 0 fully saturated rings. The zero-order valence-electron chi connectivity index (χ0n) is 26.7. The average Bonchev–Trinajstić information content (AvgIpc) is 3.60. The Bertz CT molecular complexity index is 2210. The summed E-state index contributed by atoms with van der Waals surface area (Å²) in [5.74, 6) is 0.931. The molecule has 1 aliphatic rings. The first-order chi connectivity index (χ1) is 22.4. The quantitative estimate of drug-likeness (QED) is 0.197. The van der Waals surface area contributed by atoms with E-state index in [9.17, 15) is 0 Å². The molecule has 0 N–H and O–H groups in total. The van der Waals surface area contributed by atoms with E-state index in [0.29, 0.717) is 0 Å². The molecule has 0 radical (unpaired) electrons. The van der Waals surface area contributed by atoms with Crippen LogP contribution >= 0.6 is 0 Å². The van der Waals surface area contributed by atoms with Gasteiger partial charge in [-0.05, 0) is 83.8 Å². The van der Waals surface area contributed by atoms with Gasteiger partial charge in [0.2, 0.25) is 0 Å². The van der Waals surface area contributed by atoms with Gasteiger partial charge in [0.25, 0.3) is 0 Å². The standard InChI is InChI=1S/C41H37N5/c1-41(2,3)29-23-24-42-40(25-29)46-36-18-9-8-17-34(36)35-22-21-33(27-39(35)46)45(30-13-6-5-7-14-30)32-16-12-15-31(26-32)44-28-43(4)37-19-10-11-20-38(37)44/h5-27H,28H2,1-4H3. The fourth-order valence-corrected chi connectivity index (χ4v) is 6.78. The number of nitrogens with zero attached hydrogens (tertiary/aromatic N) is 5. The maximum atomic E-state index is 4.91. The molecule has 0 amide bonds. The Balaban J connectivity index is 1.32. The normalized spacial score (nSPS) is 13.0. The summed E-state index contributed by atoms with van der Waals surface area (Å²) in [5, 5.41) is 2.43. The molecule has 0 bridgehead atoms. The third kappa shape index (κ3) is 4.67. The third-order valence-electron chi connectivity index (χ3n) is 9.11. The molecule has 46 heavy (non-hydrogen) atoms. The van der Waals surface area contributed by atoms with E-state index in [1.54, 1.807) is 0 Å². The van der Waals surface area contributed by atoms with Crippen molar-refractivity contribution in [2.45, 2.75) is 26.2 Å². The van der Waals surface area contributed by atoms with E-state index < -0.39 is 0 Å². The molecule has 5 heteroatoms. The second kappa shape index (κ2) is 10.8. The van der Waals surface area contributed by atoms with Crippen molar-refractivity contribution in [3.8, 4) is 5.82 Å². The first kappa shape index (κ1) is 28.0. The van der Waals surface area contributed by atoms with Crippen LogP contribution in [-0.4, -0.2) is 23.3 Å². The maximum absolute atomic E-state index is 4.91. The minimum absolute atomic E-state index is 0.0153. The van der Waals surface area contributed by atoms with Crippen LogP contribution in [0.15, 0.2) is 140 Å². The largest absolute Gasteiger partial charge is 0.355 e. The van der Waals surface area contributed by atoms with E-state index in [2.05, 4.69) is 181 Å². The van der Waals surface area contributed by atoms with Crippen molar-refractivity contribution in [3.05, 3.63) is 145 Å². The minimum Gasteiger partial charge on any atom is -0.355 e. The topological polar surface area (TPSA) is 27.5 Å². The van der Waals surface area contributed by atoms with Gasteiger partial charge in [-0.3, -0.25) is 4.57 Å². The van der Waals surface area contributed by atoms with Gasteiger partial charge in [-0.15, -0.1) is 0 Å². The summed E-state index contributed by atoms with van der Waals surface area (Å²) in [6, 6.07) is 48.0. The van der Waals surface area contributed by atoms with Crippen molar-refractivity contribution in [1.82, 2.24) is 9.55 Å². The van der Waals surface area contributed by atoms with E-state index in [-0.39, 0.29) is 5.41 Å². The summed E-state index contributed by atoms with van der Waals surface area (Å²) >= 11 is 0. The highest BCUT2D eigenvalue weighted by molar-refractivity contribution is 6.10. The second-order valence-corrected chi connectivity index (χ2v) is 13.2. The first-order valence-corrected chi connectivity index (χ1v) is 15.9. The molecule has 0 unspecified atom stereocenters. The van der Waals surface area contributed by atoms with E-state index in [0.717, 1.165) is 46.3 Å². The molecular weight excluding hydrogens is 562 g/mol. The number of benzene rings is 5. The Kier molecular flexibility index (Phi) is 6.57. The number of pyridine rings is 1. The lowest BCUT2D eigenvalue weighted by Gasteiger charge is -2.28. The predicted octanol–water partition coefficient (Wildman–Crippen LogP) is 10.5. The van der Waals surface area contributed by atoms with Gasteiger partial charge in [0.05, 0.1) is 29.1 Å². The lowest BCUT2D eigenvalue weighted by Crippen LogP contribution is -2.24. The third-order valence-corrected chi connectivity index (χ3v) is 9.11. The van der Waals surface area contributed by atoms with Crippen LogP contribution in [0.1, 0.15) is 26.3 Å². The van der Waals surface area contributed by atoms with E-state index in [1.807, 2.05) is 6.20 Å². The van der Waals surface area contributed by atoms with Gasteiger partial charge < -0.3 is 14.7 Å². The molecular formula is C41H37N5. The van der Waals surface area contributed by atoms with Crippen LogP contribution in [0.3, 0.4) is 0 Å². The summed E-state index contributed by atoms with van der Waals surface area (Å²) in [6.07, 6.45) is 1.94. The van der Waals surface area contributed by atoms with Crippen LogP contribution in [0.25, 0.3) is 27.6 Å². The number of rotatable bonds is 5. The second-order valence-electron chi connectivity index (χ2n) is 13.2. The van der Waals surface area contributed by atoms with Gasteiger partial charge in [-0.1, -0.05) is 81.4 Å². The minimum atomic E-state index is 0.0153. The molecule has 0 atom stereocenters. The van der Waals surface area contributed by atoms with Crippen LogP contribution in [0.2, 0.25) is 0 Å². The van der Waals surface area contributed by atoms with Gasteiger partial charge >= 0.3 is 0 Å². The Morgan fingerprint density at radius 2 is 1.30 bits per heavy atom. The van der Waals surface area contributed by atoms with E-state index in [1.165, 1.54) is 27.7 Å². The van der Waals surface area contributed by atoms with Gasteiger partial charge in [0.15, 0.2) is 0 Å². The number of hydrogen-bond acceptors (Lipinski definition) is 4. The molecule has 2 aromatic heterocycles. The van der Waals surface area contributed by atoms with Crippen molar-refractivity contribution in [3.63, 3.8) is 0 Å². The lowest BCUT2D eigenvalue weighted by atomic mass is 9.88. The number of hydrogen-bond donors (Lipinski definition) is 0. The molecule has 3 heterocycles. The van der Waals surface area contributed by atoms with Crippen molar-refractivity contribution in [1.29, 1.82) is 0 Å². The van der Waals surface area contributed by atoms with Crippen LogP contribution in [0.5, 0.6) is 0 Å². The average molecular weight is 600 g/mol. The summed E-state index contributed by atoms with van der Waals surface area (Å²) < 4.78 is 2.32. The molecule has 0 saturated carbocycles. The summed E-state index contributed by atoms with van der Waals surface area (Å²) in [6.45, 7) is 7.56. The van der Waals surface area contributed by atoms with Gasteiger partial charge in [0.1, 0.15) is 5.82 Å². The van der Waals surface area contributed by atoms with Crippen LogP contribution in [0, 0.1) is 0 Å². The molecule has 0 aliphatic carbocycles. The number of anilines is 6. The van der Waals surface area contributed by atoms with Gasteiger partial charge in [-0.2, -0.15) is 0 Å². The zero-order chi connectivity index (χ0) is 31.4. The Morgan fingerprint density at radius 1 is 0.609 bits per heavy atom. The van der Waals surface area contributed by atoms with Crippen molar-refractivity contribution < 1.29 is 0 Å². The summed E-state index contributed by atoms with van der Waals surface area (Å²) in [7, 11) is 2.15. The molecule has 0 saturated heterocycles. The zero-order valence-corrected chi connectivity index (χ0v) is 26.7. The molecule has 7 aromatic rings. The van der Waals surface area contributed by atoms with Crippen molar-refractivity contribution >= 4 is 55.9 Å². The summed E-state index contributed by atoms with van der Waals surface area (Å²) in [5.41, 5.74) is 10.5. The lowest BCUT2D eigenvalue weighted by molar-refractivity contribution is 0.588. The fourth-order valence-electron chi connectivity index (χ4n) is 6.78. The molecule has 1 aliphatic heterocycles. The Labute approximate surface area is 270 Å². The molecule has 0 spiro atoms. The molecule has 5 aromatic carbocycles. The maximum Gasteiger partial charge on any atom is 0.137 e. The highest BCUT2D eigenvalue weighted by Gasteiger charge is 2.25. The molecule has 5 nitrogen and oxygen atoms in total. The summed E-state index contributed by atoms with van der Waals surface area (Å²) in [4.78, 5) is 11.9. The van der Waals surface area contributed by atoms with Crippen LogP contribution < -0.4 is 14.7 Å². The van der Waals surface area contributed by atoms with Crippen LogP contribution in [0.4, 0.5) is 34.1 Å². The number of para-hydroxylation sites is 4. The van der Waals surface area contributed by atoms with Gasteiger partial charge in [-0.25, -0.2) is 4.98 Å². The number of aromatic nitrogens is 2. The highest BCUT2D eigenvalue weighted by Crippen LogP contribution is 2.43. The fraction of sp³-hybridized carbons (Fsp3) is 0.146. The van der Waals surface area contributed by atoms with Crippen molar-refractivity contribution in [2.75, 3.05) is 28.4 Å². The first-order valence-electron chi connectivity index (χ1n) is 15.9. The van der Waals surface area contributed by atoms with Gasteiger partial charge in [0, 0.05) is 46.8 Å². The Hall–Kier alpha value is -5.55. The predicted molar refractivity (Wildman–Crippen MR) is 194 cm³/mol. The van der Waals surface area contributed by atoms with Crippen LogP contribution in [-0.2, 0) is 5.41 Å². The van der Waals surface area contributed by atoms with E-state index in [4.69, 9.17) is 4.98 Å². The van der Waals surface area contributed by atoms with Crippen molar-refractivity contribution in [2.24, 2.45) is 0 Å². The highest BCUT2D eigenvalue weighted by atomic mass is 15.4. The Morgan fingerprint density at radius 3 is 2.13 bits per heavy atom. The smallest absolute Gasteiger partial charge is 0.137 e. The number of fused-ring (bicyclic) bond motifs is 4. The monoisotopic (exact) mass is 599 g/mol. The SMILES string of the molecule is CN1CN(c2cccc(N(c3ccccc3)c3ccc4c5ccccc5n(-c5cc(C(C)(C)C)ccn5)c4c3)c2)c2ccccc21.